The maximum Gasteiger partial charge on any atom is 0.107 e. The quantitative estimate of drug-likeness (QED) is 0.925. The third-order valence-corrected chi connectivity index (χ3v) is 4.06. The lowest BCUT2D eigenvalue weighted by molar-refractivity contribution is 0.490. The molecule has 0 aliphatic carbocycles. The predicted octanol–water partition coefficient (Wildman–Crippen LogP) is 2.03. The van der Waals surface area contributed by atoms with E-state index < -0.39 is 0 Å². The van der Waals surface area contributed by atoms with E-state index in [0.717, 1.165) is 31.1 Å². The minimum absolute atomic E-state index is 0.227. The van der Waals surface area contributed by atoms with Crippen LogP contribution in [0.5, 0.6) is 0 Å². The van der Waals surface area contributed by atoms with Gasteiger partial charge in [-0.05, 0) is 26.0 Å². The molecule has 0 amide bonds. The van der Waals surface area contributed by atoms with Crippen molar-refractivity contribution in [3.8, 4) is 0 Å². The molecule has 0 bridgehead atoms. The number of aliphatic imine (C=N–C) groups is 2. The van der Waals surface area contributed by atoms with Gasteiger partial charge in [0.25, 0.3) is 0 Å². The molecule has 5 nitrogen and oxygen atoms in total. The van der Waals surface area contributed by atoms with E-state index in [0.29, 0.717) is 0 Å². The van der Waals surface area contributed by atoms with Gasteiger partial charge >= 0.3 is 0 Å². The summed E-state index contributed by atoms with van der Waals surface area (Å²) in [4.78, 5) is 17.3. The molecule has 2 atom stereocenters. The molecule has 0 aromatic carbocycles. The van der Waals surface area contributed by atoms with Gasteiger partial charge in [-0.25, -0.2) is 0 Å². The molecule has 0 radical (unpaired) electrons. The van der Waals surface area contributed by atoms with Crippen LogP contribution in [0.25, 0.3) is 0 Å². The molecule has 21 heavy (non-hydrogen) atoms. The second-order valence-corrected chi connectivity index (χ2v) is 6.01. The van der Waals surface area contributed by atoms with Crippen LogP contribution in [0.4, 0.5) is 0 Å². The summed E-state index contributed by atoms with van der Waals surface area (Å²) in [6.45, 7) is 5.24. The number of amidine groups is 2. The van der Waals surface area contributed by atoms with Crippen LogP contribution < -0.4 is 0 Å². The largest absolute Gasteiger partial charge is 0.366 e. The molecule has 1 aliphatic rings. The topological polar surface area (TPSA) is 47.0 Å². The molecule has 0 saturated heterocycles. The Labute approximate surface area is 127 Å². The van der Waals surface area contributed by atoms with Gasteiger partial charge in [0.05, 0.1) is 18.5 Å². The predicted molar refractivity (Wildman–Crippen MR) is 89.2 cm³/mol. The van der Waals surface area contributed by atoms with Crippen molar-refractivity contribution in [2.45, 2.75) is 38.8 Å². The Bertz CT molecular complexity index is 501. The number of nitrogens with one attached hydrogen (secondary N) is 1. The summed E-state index contributed by atoms with van der Waals surface area (Å²) in [5, 5.41) is 0. The van der Waals surface area contributed by atoms with E-state index >= 15 is 0 Å². The number of aromatic amines is 1. The fourth-order valence-corrected chi connectivity index (χ4v) is 2.37. The third kappa shape index (κ3) is 4.09. The van der Waals surface area contributed by atoms with Crippen LogP contribution in [0.1, 0.15) is 26.0 Å². The van der Waals surface area contributed by atoms with Crippen molar-refractivity contribution in [1.29, 1.82) is 0 Å². The van der Waals surface area contributed by atoms with Crippen molar-refractivity contribution in [2.24, 2.45) is 9.98 Å². The standard InChI is InChI=1S/C16H27N5/c1-12-13(2)19-16(11-15(18-12)20(3)4)21(5)10-8-14-7-6-9-17-14/h6-7,9,12-13,17H,8,10-11H2,1-5H3. The molecule has 1 aromatic rings. The molecular formula is C16H27N5. The molecular weight excluding hydrogens is 262 g/mol. The number of nitrogens with zero attached hydrogens (tertiary/aromatic N) is 4. The molecule has 2 unspecified atom stereocenters. The van der Waals surface area contributed by atoms with Crippen LogP contribution in [0.2, 0.25) is 0 Å². The molecule has 0 saturated carbocycles. The molecule has 0 spiro atoms. The Morgan fingerprint density at radius 3 is 2.38 bits per heavy atom. The van der Waals surface area contributed by atoms with E-state index in [1.165, 1.54) is 5.69 Å². The van der Waals surface area contributed by atoms with Crippen molar-refractivity contribution < 1.29 is 0 Å². The van der Waals surface area contributed by atoms with Gasteiger partial charge in [0, 0.05) is 46.0 Å². The van der Waals surface area contributed by atoms with E-state index in [4.69, 9.17) is 9.98 Å². The SMILES string of the molecule is CC1N=C(N(C)C)CC(N(C)CCc2ccc[nH]2)=NC1C. The van der Waals surface area contributed by atoms with Crippen molar-refractivity contribution in [2.75, 3.05) is 27.7 Å². The Hall–Kier alpha value is -1.78. The van der Waals surface area contributed by atoms with Crippen LogP contribution >= 0.6 is 0 Å². The summed E-state index contributed by atoms with van der Waals surface area (Å²) in [7, 11) is 6.23. The van der Waals surface area contributed by atoms with E-state index in [-0.39, 0.29) is 12.1 Å². The van der Waals surface area contributed by atoms with Gasteiger partial charge in [-0.15, -0.1) is 0 Å². The summed E-state index contributed by atoms with van der Waals surface area (Å²) >= 11 is 0. The lowest BCUT2D eigenvalue weighted by Gasteiger charge is -2.23. The van der Waals surface area contributed by atoms with Crippen LogP contribution in [0.3, 0.4) is 0 Å². The average molecular weight is 289 g/mol. The minimum Gasteiger partial charge on any atom is -0.366 e. The molecule has 5 heteroatoms. The van der Waals surface area contributed by atoms with Crippen molar-refractivity contribution in [1.82, 2.24) is 14.8 Å². The maximum atomic E-state index is 4.88. The zero-order valence-corrected chi connectivity index (χ0v) is 13.8. The van der Waals surface area contributed by atoms with Crippen molar-refractivity contribution in [3.05, 3.63) is 24.0 Å². The molecule has 0 fully saturated rings. The highest BCUT2D eigenvalue weighted by Crippen LogP contribution is 2.13. The van der Waals surface area contributed by atoms with Crippen molar-refractivity contribution in [3.63, 3.8) is 0 Å². The van der Waals surface area contributed by atoms with Gasteiger partial charge in [0.1, 0.15) is 11.7 Å². The van der Waals surface area contributed by atoms with Crippen LogP contribution in [0.15, 0.2) is 28.3 Å². The highest BCUT2D eigenvalue weighted by Gasteiger charge is 2.21. The van der Waals surface area contributed by atoms with Gasteiger partial charge in [-0.1, -0.05) is 0 Å². The van der Waals surface area contributed by atoms with E-state index in [9.17, 15) is 0 Å². The fraction of sp³-hybridized carbons (Fsp3) is 0.625. The molecule has 1 N–H and O–H groups in total. The van der Waals surface area contributed by atoms with Crippen LogP contribution in [-0.2, 0) is 6.42 Å². The van der Waals surface area contributed by atoms with Crippen molar-refractivity contribution >= 4 is 11.7 Å². The Kier molecular flexibility index (Phi) is 5.04. The highest BCUT2D eigenvalue weighted by molar-refractivity contribution is 6.02. The number of hydrogen-bond acceptors (Lipinski definition) is 4. The molecule has 2 heterocycles. The number of rotatable bonds is 3. The fourth-order valence-electron chi connectivity index (χ4n) is 2.37. The summed E-state index contributed by atoms with van der Waals surface area (Å²) in [6.07, 6.45) is 3.78. The minimum atomic E-state index is 0.227. The average Bonchev–Trinajstić information content (AvgIpc) is 2.90. The van der Waals surface area contributed by atoms with Gasteiger partial charge in [0.15, 0.2) is 0 Å². The van der Waals surface area contributed by atoms with Gasteiger partial charge in [-0.3, -0.25) is 9.98 Å². The molecule has 2 rings (SSSR count). The summed E-state index contributed by atoms with van der Waals surface area (Å²) in [6, 6.07) is 4.63. The van der Waals surface area contributed by atoms with Gasteiger partial charge < -0.3 is 14.8 Å². The van der Waals surface area contributed by atoms with Gasteiger partial charge in [0.2, 0.25) is 0 Å². The molecule has 1 aromatic heterocycles. The first kappa shape index (κ1) is 15.6. The molecule has 116 valence electrons. The van der Waals surface area contributed by atoms with Crippen LogP contribution in [-0.4, -0.2) is 66.2 Å². The third-order valence-electron chi connectivity index (χ3n) is 4.06. The first-order chi connectivity index (χ1) is 9.97. The highest BCUT2D eigenvalue weighted by atomic mass is 15.2. The zero-order valence-electron chi connectivity index (χ0n) is 13.8. The van der Waals surface area contributed by atoms with Gasteiger partial charge in [-0.2, -0.15) is 0 Å². The number of H-pyrrole nitrogens is 1. The lowest BCUT2D eigenvalue weighted by Crippen LogP contribution is -2.34. The zero-order chi connectivity index (χ0) is 15.4. The summed E-state index contributed by atoms with van der Waals surface area (Å²) in [5.41, 5.74) is 1.26. The Morgan fingerprint density at radius 2 is 1.81 bits per heavy atom. The lowest BCUT2D eigenvalue weighted by atomic mass is 10.2. The van der Waals surface area contributed by atoms with E-state index in [1.807, 2.05) is 12.3 Å². The normalized spacial score (nSPS) is 22.3. The monoisotopic (exact) mass is 289 g/mol. The Balaban J connectivity index is 2.06. The second kappa shape index (κ2) is 6.78. The molecule has 1 aliphatic heterocycles. The first-order valence-electron chi connectivity index (χ1n) is 7.61. The number of aromatic nitrogens is 1. The maximum absolute atomic E-state index is 4.88. The smallest absolute Gasteiger partial charge is 0.107 e. The van der Waals surface area contributed by atoms with E-state index in [1.54, 1.807) is 0 Å². The second-order valence-electron chi connectivity index (χ2n) is 6.01. The number of likely N-dealkylation sites (N-methyl/N-ethyl adjacent to an activating group) is 1. The summed E-state index contributed by atoms with van der Waals surface area (Å²) in [5.74, 6) is 2.24. The summed E-state index contributed by atoms with van der Waals surface area (Å²) < 4.78 is 0. The van der Waals surface area contributed by atoms with Crippen LogP contribution in [0, 0.1) is 0 Å². The first-order valence-corrected chi connectivity index (χ1v) is 7.61. The van der Waals surface area contributed by atoms with E-state index in [2.05, 4.69) is 55.8 Å². The number of hydrogen-bond donors (Lipinski definition) is 1. The Morgan fingerprint density at radius 1 is 1.14 bits per heavy atom.